The van der Waals surface area contributed by atoms with E-state index in [1.165, 1.54) is 50.7 Å². The third kappa shape index (κ3) is 5.43. The quantitative estimate of drug-likeness (QED) is 0.357. The molecule has 1 atom stereocenters. The van der Waals surface area contributed by atoms with Crippen LogP contribution in [0.2, 0.25) is 0 Å². The molecular formula is C18H32IN3O2S2. The molecule has 1 unspecified atom stereocenters. The largest absolute Gasteiger partial charge is 0.354 e. The molecule has 2 aliphatic carbocycles. The lowest BCUT2D eigenvalue weighted by Crippen LogP contribution is -2.54. The van der Waals surface area contributed by atoms with Gasteiger partial charge >= 0.3 is 0 Å². The summed E-state index contributed by atoms with van der Waals surface area (Å²) < 4.78 is 23.8. The van der Waals surface area contributed by atoms with E-state index in [9.17, 15) is 8.42 Å². The van der Waals surface area contributed by atoms with Crippen molar-refractivity contribution in [2.45, 2.75) is 62.2 Å². The van der Waals surface area contributed by atoms with Crippen LogP contribution in [0, 0.1) is 5.92 Å². The molecule has 0 radical (unpaired) electrons. The van der Waals surface area contributed by atoms with Crippen molar-refractivity contribution in [3.05, 3.63) is 0 Å². The van der Waals surface area contributed by atoms with E-state index in [1.807, 2.05) is 0 Å². The van der Waals surface area contributed by atoms with E-state index in [0.29, 0.717) is 28.8 Å². The lowest BCUT2D eigenvalue weighted by molar-refractivity contribution is 0.292. The summed E-state index contributed by atoms with van der Waals surface area (Å²) in [5.74, 6) is 3.12. The number of hydrogen-bond acceptors (Lipinski definition) is 4. The molecule has 150 valence electrons. The number of guanidine groups is 1. The molecule has 2 saturated heterocycles. The summed E-state index contributed by atoms with van der Waals surface area (Å²) in [6.45, 7) is 2.83. The molecule has 2 saturated carbocycles. The number of halogens is 1. The van der Waals surface area contributed by atoms with Gasteiger partial charge in [-0.1, -0.05) is 19.3 Å². The lowest BCUT2D eigenvalue weighted by Gasteiger charge is -2.45. The molecule has 0 aromatic heterocycles. The topological polar surface area (TPSA) is 61.8 Å². The highest BCUT2D eigenvalue weighted by atomic mass is 127. The fraction of sp³-hybridized carbons (Fsp3) is 0.944. The third-order valence-corrected chi connectivity index (χ3v) is 9.42. The van der Waals surface area contributed by atoms with Crippen molar-refractivity contribution in [1.29, 1.82) is 0 Å². The normalized spacial score (nSPS) is 30.8. The highest BCUT2D eigenvalue weighted by molar-refractivity contribution is 14.0. The average molecular weight is 514 g/mol. The van der Waals surface area contributed by atoms with Crippen molar-refractivity contribution >= 4 is 51.5 Å². The molecule has 0 bridgehead atoms. The molecule has 4 fully saturated rings. The highest BCUT2D eigenvalue weighted by Gasteiger charge is 2.39. The van der Waals surface area contributed by atoms with Crippen LogP contribution in [0.4, 0.5) is 0 Å². The van der Waals surface area contributed by atoms with E-state index in [2.05, 4.69) is 22.0 Å². The molecule has 1 N–H and O–H groups in total. The van der Waals surface area contributed by atoms with E-state index < -0.39 is 9.84 Å². The molecule has 5 nitrogen and oxygen atoms in total. The summed E-state index contributed by atoms with van der Waals surface area (Å²) in [6.07, 6.45) is 10.1. The number of aliphatic imine (C=N–C) groups is 1. The maximum Gasteiger partial charge on any atom is 0.194 e. The second kappa shape index (κ2) is 8.76. The van der Waals surface area contributed by atoms with E-state index in [4.69, 9.17) is 4.99 Å². The second-order valence-corrected chi connectivity index (χ2v) is 12.2. The van der Waals surface area contributed by atoms with Gasteiger partial charge in [0.15, 0.2) is 15.8 Å². The van der Waals surface area contributed by atoms with Gasteiger partial charge in [0.05, 0.1) is 11.5 Å². The first kappa shape index (κ1) is 21.0. The summed E-state index contributed by atoms with van der Waals surface area (Å²) in [6, 6.07) is 0.586. The molecular weight excluding hydrogens is 481 g/mol. The van der Waals surface area contributed by atoms with Crippen LogP contribution in [0.3, 0.4) is 0 Å². The fourth-order valence-electron chi connectivity index (χ4n) is 4.40. The minimum atomic E-state index is -2.81. The summed E-state index contributed by atoms with van der Waals surface area (Å²) in [5, 5.41) is 3.64. The Balaban J connectivity index is 0.00000196. The van der Waals surface area contributed by atoms with Crippen LogP contribution in [0.25, 0.3) is 0 Å². The highest BCUT2D eigenvalue weighted by Crippen LogP contribution is 2.42. The van der Waals surface area contributed by atoms with Gasteiger partial charge in [-0.3, -0.25) is 4.99 Å². The van der Waals surface area contributed by atoms with Crippen LogP contribution < -0.4 is 5.32 Å². The number of hydrogen-bond donors (Lipinski definition) is 1. The van der Waals surface area contributed by atoms with Gasteiger partial charge < -0.3 is 10.2 Å². The van der Waals surface area contributed by atoms with Crippen molar-refractivity contribution in [2.75, 3.05) is 36.9 Å². The number of nitrogens with one attached hydrogen (secondary N) is 1. The Morgan fingerprint density at radius 2 is 1.96 bits per heavy atom. The molecule has 26 heavy (non-hydrogen) atoms. The maximum atomic E-state index is 11.7. The third-order valence-electron chi connectivity index (χ3n) is 6.05. The minimum absolute atomic E-state index is 0. The molecule has 2 aliphatic heterocycles. The lowest BCUT2D eigenvalue weighted by atomic mass is 9.87. The van der Waals surface area contributed by atoms with Crippen LogP contribution in [0.5, 0.6) is 0 Å². The standard InChI is InChI=1S/C18H31N3O2S2.HI/c22-25(23)11-6-15(13-25)12-19-17(20-16-4-5-16)21-9-10-24-18(14-21)7-2-1-3-8-18;/h15-16H,1-14H2,(H,19,20);1H. The summed E-state index contributed by atoms with van der Waals surface area (Å²) in [5.41, 5.74) is 0. The first-order chi connectivity index (χ1) is 12.0. The Hall–Kier alpha value is 0.300. The molecule has 4 rings (SSSR count). The minimum Gasteiger partial charge on any atom is -0.354 e. The van der Waals surface area contributed by atoms with Crippen molar-refractivity contribution < 1.29 is 8.42 Å². The average Bonchev–Trinajstić information content (AvgIpc) is 3.34. The zero-order chi connectivity index (χ0) is 17.3. The van der Waals surface area contributed by atoms with E-state index in [-0.39, 0.29) is 29.9 Å². The first-order valence-electron chi connectivity index (χ1n) is 9.94. The molecule has 4 aliphatic rings. The van der Waals surface area contributed by atoms with Gasteiger partial charge in [0.2, 0.25) is 0 Å². The van der Waals surface area contributed by atoms with Crippen molar-refractivity contribution in [2.24, 2.45) is 10.9 Å². The predicted molar refractivity (Wildman–Crippen MR) is 120 cm³/mol. The van der Waals surface area contributed by atoms with Gasteiger partial charge in [-0.25, -0.2) is 8.42 Å². The van der Waals surface area contributed by atoms with Crippen molar-refractivity contribution in [3.63, 3.8) is 0 Å². The zero-order valence-corrected chi connectivity index (χ0v) is 19.5. The monoisotopic (exact) mass is 513 g/mol. The SMILES string of the molecule is I.O=S1(=O)CCC(CN=C(NC2CC2)N2CCSC3(CCCCC3)C2)C1. The number of sulfone groups is 1. The van der Waals surface area contributed by atoms with Crippen LogP contribution in [0.1, 0.15) is 51.4 Å². The van der Waals surface area contributed by atoms with Crippen LogP contribution in [-0.4, -0.2) is 67.0 Å². The zero-order valence-electron chi connectivity index (χ0n) is 15.5. The van der Waals surface area contributed by atoms with Gasteiger partial charge in [0.1, 0.15) is 0 Å². The van der Waals surface area contributed by atoms with E-state index in [0.717, 1.165) is 25.5 Å². The second-order valence-electron chi connectivity index (χ2n) is 8.37. The summed E-state index contributed by atoms with van der Waals surface area (Å²) in [4.78, 5) is 7.39. The Morgan fingerprint density at radius 1 is 1.19 bits per heavy atom. The fourth-order valence-corrected chi connectivity index (χ4v) is 7.82. The molecule has 0 amide bonds. The van der Waals surface area contributed by atoms with Gasteiger partial charge in [-0.2, -0.15) is 11.8 Å². The van der Waals surface area contributed by atoms with Crippen LogP contribution in [0.15, 0.2) is 4.99 Å². The Morgan fingerprint density at radius 3 is 2.62 bits per heavy atom. The number of thioether (sulfide) groups is 1. The van der Waals surface area contributed by atoms with Crippen LogP contribution in [-0.2, 0) is 9.84 Å². The molecule has 2 heterocycles. The van der Waals surface area contributed by atoms with Crippen molar-refractivity contribution in [1.82, 2.24) is 10.2 Å². The van der Waals surface area contributed by atoms with Gasteiger partial charge in [-0.15, -0.1) is 24.0 Å². The van der Waals surface area contributed by atoms with Crippen LogP contribution >= 0.6 is 35.7 Å². The van der Waals surface area contributed by atoms with Crippen molar-refractivity contribution in [3.8, 4) is 0 Å². The molecule has 0 aromatic rings. The maximum absolute atomic E-state index is 11.7. The summed E-state index contributed by atoms with van der Waals surface area (Å²) in [7, 11) is -2.81. The number of nitrogens with zero attached hydrogens (tertiary/aromatic N) is 2. The smallest absolute Gasteiger partial charge is 0.194 e. The Kier molecular flexibility index (Phi) is 7.08. The van der Waals surface area contributed by atoms with Gasteiger partial charge in [0, 0.05) is 36.2 Å². The number of rotatable bonds is 3. The molecule has 8 heteroatoms. The molecule has 0 aromatic carbocycles. The Bertz CT molecular complexity index is 610. The Labute approximate surface area is 179 Å². The first-order valence-corrected chi connectivity index (χ1v) is 12.7. The molecule has 1 spiro atoms. The van der Waals surface area contributed by atoms with Gasteiger partial charge in [-0.05, 0) is 38.0 Å². The summed E-state index contributed by atoms with van der Waals surface area (Å²) >= 11 is 2.18. The van der Waals surface area contributed by atoms with Gasteiger partial charge in [0.25, 0.3) is 0 Å². The van der Waals surface area contributed by atoms with E-state index in [1.54, 1.807) is 0 Å². The predicted octanol–water partition coefficient (Wildman–Crippen LogP) is 2.90. The van der Waals surface area contributed by atoms with E-state index >= 15 is 0 Å².